The summed E-state index contributed by atoms with van der Waals surface area (Å²) in [5.74, 6) is 1.33. The van der Waals surface area contributed by atoms with Gasteiger partial charge in [0.2, 0.25) is 17.6 Å². The first-order chi connectivity index (χ1) is 12.1. The van der Waals surface area contributed by atoms with Crippen LogP contribution in [0, 0.1) is 0 Å². The maximum Gasteiger partial charge on any atom is 0.246 e. The maximum absolute atomic E-state index is 12.0. The molecule has 0 spiro atoms. The van der Waals surface area contributed by atoms with E-state index >= 15 is 0 Å². The molecule has 1 N–H and O–H groups in total. The van der Waals surface area contributed by atoms with E-state index in [-0.39, 0.29) is 18.9 Å². The molecule has 3 aromatic rings. The van der Waals surface area contributed by atoms with Gasteiger partial charge in [-0.1, -0.05) is 41.0 Å². The first kappa shape index (κ1) is 17.0. The first-order valence-corrected chi connectivity index (χ1v) is 8.00. The maximum atomic E-state index is 12.0. The summed E-state index contributed by atoms with van der Waals surface area (Å²) in [7, 11) is 1.59. The van der Waals surface area contributed by atoms with Crippen LogP contribution in [0.4, 0.5) is 0 Å². The Morgan fingerprint density at radius 1 is 1.24 bits per heavy atom. The van der Waals surface area contributed by atoms with Gasteiger partial charge in [-0.15, -0.1) is 0 Å². The van der Waals surface area contributed by atoms with Gasteiger partial charge in [0.15, 0.2) is 0 Å². The number of hydrogen-bond donors (Lipinski definition) is 1. The number of halogens is 1. The van der Waals surface area contributed by atoms with Gasteiger partial charge in [0, 0.05) is 10.6 Å². The van der Waals surface area contributed by atoms with Crippen LogP contribution in [-0.4, -0.2) is 23.2 Å². The van der Waals surface area contributed by atoms with Gasteiger partial charge in [-0.2, -0.15) is 4.98 Å². The van der Waals surface area contributed by atoms with Crippen LogP contribution in [0.2, 0.25) is 5.02 Å². The van der Waals surface area contributed by atoms with Gasteiger partial charge in [-0.3, -0.25) is 4.79 Å². The van der Waals surface area contributed by atoms with Crippen molar-refractivity contribution in [3.8, 4) is 17.1 Å². The van der Waals surface area contributed by atoms with E-state index in [2.05, 4.69) is 15.5 Å². The quantitative estimate of drug-likeness (QED) is 0.732. The van der Waals surface area contributed by atoms with Crippen molar-refractivity contribution in [3.05, 3.63) is 65.0 Å². The van der Waals surface area contributed by atoms with Gasteiger partial charge in [-0.25, -0.2) is 0 Å². The molecule has 0 atom stereocenters. The molecular weight excluding hydrogens is 342 g/mol. The smallest absolute Gasteiger partial charge is 0.246 e. The SMILES string of the molecule is COc1cccc(-c2noc(CNC(=O)Cc3cccc(Cl)c3)n2)c1. The van der Waals surface area contributed by atoms with Gasteiger partial charge in [0.1, 0.15) is 5.75 Å². The number of aromatic nitrogens is 2. The normalized spacial score (nSPS) is 10.5. The Balaban J connectivity index is 1.59. The number of ether oxygens (including phenoxy) is 1. The van der Waals surface area contributed by atoms with Crippen molar-refractivity contribution < 1.29 is 14.1 Å². The Labute approximate surface area is 149 Å². The fraction of sp³-hybridized carbons (Fsp3) is 0.167. The Kier molecular flexibility index (Phi) is 5.30. The molecular formula is C18H16ClN3O3. The number of benzene rings is 2. The van der Waals surface area contributed by atoms with Crippen LogP contribution < -0.4 is 10.1 Å². The average molecular weight is 358 g/mol. The third-order valence-corrected chi connectivity index (χ3v) is 3.72. The molecule has 6 nitrogen and oxygen atoms in total. The average Bonchev–Trinajstić information content (AvgIpc) is 3.09. The van der Waals surface area contributed by atoms with E-state index in [1.165, 1.54) is 0 Å². The summed E-state index contributed by atoms with van der Waals surface area (Å²) in [6.45, 7) is 0.163. The lowest BCUT2D eigenvalue weighted by molar-refractivity contribution is -0.120. The topological polar surface area (TPSA) is 77.3 Å². The molecule has 0 fully saturated rings. The lowest BCUT2D eigenvalue weighted by atomic mass is 10.1. The van der Waals surface area contributed by atoms with Crippen molar-refractivity contribution in [2.24, 2.45) is 0 Å². The van der Waals surface area contributed by atoms with Gasteiger partial charge in [-0.05, 0) is 29.8 Å². The van der Waals surface area contributed by atoms with E-state index in [9.17, 15) is 4.79 Å². The highest BCUT2D eigenvalue weighted by atomic mass is 35.5. The summed E-state index contributed by atoms with van der Waals surface area (Å²) in [6.07, 6.45) is 0.234. The second-order valence-electron chi connectivity index (χ2n) is 5.33. The molecule has 0 aliphatic heterocycles. The Morgan fingerprint density at radius 2 is 2.08 bits per heavy atom. The van der Waals surface area contributed by atoms with Gasteiger partial charge in [0.25, 0.3) is 0 Å². The molecule has 0 saturated heterocycles. The summed E-state index contributed by atoms with van der Waals surface area (Å²) in [6, 6.07) is 14.5. The van der Waals surface area contributed by atoms with Crippen molar-refractivity contribution in [3.63, 3.8) is 0 Å². The van der Waals surface area contributed by atoms with E-state index in [4.69, 9.17) is 20.9 Å². The van der Waals surface area contributed by atoms with E-state index in [0.29, 0.717) is 22.5 Å². The fourth-order valence-electron chi connectivity index (χ4n) is 2.28. The van der Waals surface area contributed by atoms with Crippen LogP contribution in [0.5, 0.6) is 5.75 Å². The van der Waals surface area contributed by atoms with Crippen molar-refractivity contribution in [1.82, 2.24) is 15.5 Å². The first-order valence-electron chi connectivity index (χ1n) is 7.62. The highest BCUT2D eigenvalue weighted by Gasteiger charge is 2.11. The minimum Gasteiger partial charge on any atom is -0.497 e. The number of rotatable bonds is 6. The molecule has 3 rings (SSSR count). The minimum atomic E-state index is -0.150. The third kappa shape index (κ3) is 4.58. The minimum absolute atomic E-state index is 0.150. The molecule has 1 amide bonds. The molecule has 0 aliphatic rings. The lowest BCUT2D eigenvalue weighted by Gasteiger charge is -2.03. The number of carbonyl (C=O) groups is 1. The zero-order valence-electron chi connectivity index (χ0n) is 13.5. The summed E-state index contributed by atoms with van der Waals surface area (Å²) in [5, 5.41) is 7.28. The molecule has 0 unspecified atom stereocenters. The highest BCUT2D eigenvalue weighted by Crippen LogP contribution is 2.21. The zero-order valence-corrected chi connectivity index (χ0v) is 14.3. The second kappa shape index (κ2) is 7.81. The fourth-order valence-corrected chi connectivity index (χ4v) is 2.49. The van der Waals surface area contributed by atoms with Gasteiger partial charge >= 0.3 is 0 Å². The number of carbonyl (C=O) groups excluding carboxylic acids is 1. The van der Waals surface area contributed by atoms with Crippen LogP contribution in [-0.2, 0) is 17.8 Å². The molecule has 0 radical (unpaired) electrons. The van der Waals surface area contributed by atoms with E-state index in [1.54, 1.807) is 19.2 Å². The summed E-state index contributed by atoms with van der Waals surface area (Å²) >= 11 is 5.91. The van der Waals surface area contributed by atoms with Crippen molar-refractivity contribution in [1.29, 1.82) is 0 Å². The second-order valence-corrected chi connectivity index (χ2v) is 5.76. The lowest BCUT2D eigenvalue weighted by Crippen LogP contribution is -2.24. The molecule has 1 aromatic heterocycles. The largest absolute Gasteiger partial charge is 0.497 e. The Bertz CT molecular complexity index is 879. The van der Waals surface area contributed by atoms with E-state index < -0.39 is 0 Å². The standard InChI is InChI=1S/C18H16ClN3O3/c1-24-15-7-3-5-13(10-15)18-21-17(25-22-18)11-20-16(23)9-12-4-2-6-14(19)8-12/h2-8,10H,9,11H2,1H3,(H,20,23). The number of nitrogens with zero attached hydrogens (tertiary/aromatic N) is 2. The number of nitrogens with one attached hydrogen (secondary N) is 1. The van der Waals surface area contributed by atoms with Crippen molar-refractivity contribution >= 4 is 17.5 Å². The van der Waals surface area contributed by atoms with Gasteiger partial charge < -0.3 is 14.6 Å². The molecule has 25 heavy (non-hydrogen) atoms. The van der Waals surface area contributed by atoms with E-state index in [1.807, 2.05) is 36.4 Å². The van der Waals surface area contributed by atoms with Gasteiger partial charge in [0.05, 0.1) is 20.1 Å². The van der Waals surface area contributed by atoms with Crippen LogP contribution in [0.3, 0.4) is 0 Å². The Morgan fingerprint density at radius 3 is 2.88 bits per heavy atom. The summed E-state index contributed by atoms with van der Waals surface area (Å²) in [5.41, 5.74) is 1.62. The summed E-state index contributed by atoms with van der Waals surface area (Å²) < 4.78 is 10.3. The predicted molar refractivity (Wildman–Crippen MR) is 93.3 cm³/mol. The predicted octanol–water partition coefficient (Wildman–Crippen LogP) is 3.26. The van der Waals surface area contributed by atoms with Crippen LogP contribution in [0.15, 0.2) is 53.1 Å². The van der Waals surface area contributed by atoms with Crippen LogP contribution >= 0.6 is 11.6 Å². The van der Waals surface area contributed by atoms with E-state index in [0.717, 1.165) is 11.1 Å². The molecule has 1 heterocycles. The van der Waals surface area contributed by atoms with Crippen LogP contribution in [0.1, 0.15) is 11.5 Å². The monoisotopic (exact) mass is 357 g/mol. The zero-order chi connectivity index (χ0) is 17.6. The number of methoxy groups -OCH3 is 1. The number of amides is 1. The number of hydrogen-bond acceptors (Lipinski definition) is 5. The van der Waals surface area contributed by atoms with Crippen molar-refractivity contribution in [2.75, 3.05) is 7.11 Å². The van der Waals surface area contributed by atoms with Crippen LogP contribution in [0.25, 0.3) is 11.4 Å². The molecule has 128 valence electrons. The highest BCUT2D eigenvalue weighted by molar-refractivity contribution is 6.30. The molecule has 7 heteroatoms. The Hall–Kier alpha value is -2.86. The molecule has 2 aromatic carbocycles. The summed E-state index contributed by atoms with van der Waals surface area (Å²) in [4.78, 5) is 16.3. The third-order valence-electron chi connectivity index (χ3n) is 3.49. The van der Waals surface area contributed by atoms with Crippen molar-refractivity contribution in [2.45, 2.75) is 13.0 Å². The molecule has 0 saturated carbocycles. The molecule has 0 aliphatic carbocycles. The molecule has 0 bridgehead atoms.